The third-order valence-electron chi connectivity index (χ3n) is 3.95. The number of ketones is 1. The Labute approximate surface area is 145 Å². The van der Waals surface area contributed by atoms with E-state index in [-0.39, 0.29) is 5.78 Å². The predicted octanol–water partition coefficient (Wildman–Crippen LogP) is 2.56. The van der Waals surface area contributed by atoms with Crippen molar-refractivity contribution in [2.24, 2.45) is 0 Å². The van der Waals surface area contributed by atoms with Gasteiger partial charge in [-0.1, -0.05) is 0 Å². The molecule has 1 aromatic carbocycles. The van der Waals surface area contributed by atoms with E-state index in [9.17, 15) is 4.79 Å². The number of hydrogen-bond acceptors (Lipinski definition) is 4. The van der Waals surface area contributed by atoms with Crippen molar-refractivity contribution in [2.45, 2.75) is 12.5 Å². The van der Waals surface area contributed by atoms with Gasteiger partial charge >= 0.3 is 0 Å². The molecule has 2 aliphatic rings. The molecule has 0 saturated carbocycles. The zero-order chi connectivity index (χ0) is 14.3. The molecule has 1 aromatic rings. The Morgan fingerprint density at radius 1 is 1.25 bits per heavy atom. The zero-order valence-corrected chi connectivity index (χ0v) is 15.4. The maximum atomic E-state index is 13.0. The number of hydrogen-bond donors (Lipinski definition) is 0. The van der Waals surface area contributed by atoms with Gasteiger partial charge in [-0.3, -0.25) is 9.69 Å². The molecular formula is C14H15I2NO3. The average Bonchev–Trinajstić information content (AvgIpc) is 2.44. The number of halogens is 2. The van der Waals surface area contributed by atoms with Gasteiger partial charge in [0.2, 0.25) is 0 Å². The van der Waals surface area contributed by atoms with Crippen LogP contribution in [0.2, 0.25) is 0 Å². The first-order valence-electron chi connectivity index (χ1n) is 6.52. The van der Waals surface area contributed by atoms with Crippen LogP contribution in [0.3, 0.4) is 0 Å². The van der Waals surface area contributed by atoms with E-state index in [4.69, 9.17) is 9.47 Å². The lowest BCUT2D eigenvalue weighted by molar-refractivity contribution is -0.0263. The first-order valence-corrected chi connectivity index (χ1v) is 8.67. The van der Waals surface area contributed by atoms with Crippen LogP contribution in [0.5, 0.6) is 5.75 Å². The second-order valence-electron chi connectivity index (χ2n) is 5.26. The predicted molar refractivity (Wildman–Crippen MR) is 92.5 cm³/mol. The lowest BCUT2D eigenvalue weighted by Crippen LogP contribution is -2.61. The molecule has 20 heavy (non-hydrogen) atoms. The van der Waals surface area contributed by atoms with Crippen LogP contribution in [0.25, 0.3) is 0 Å². The molecule has 1 saturated heterocycles. The number of carbonyl (C=O) groups is 1. The van der Waals surface area contributed by atoms with E-state index in [1.165, 1.54) is 0 Å². The molecule has 108 valence electrons. The zero-order valence-electron chi connectivity index (χ0n) is 11.1. The van der Waals surface area contributed by atoms with Crippen LogP contribution in [-0.4, -0.2) is 49.1 Å². The quantitative estimate of drug-likeness (QED) is 0.558. The Kier molecular flexibility index (Phi) is 4.27. The van der Waals surface area contributed by atoms with Crippen LogP contribution in [0.1, 0.15) is 17.3 Å². The minimum Gasteiger partial charge on any atom is -0.489 e. The van der Waals surface area contributed by atoms with Crippen molar-refractivity contribution >= 4 is 51.0 Å². The smallest absolute Gasteiger partial charge is 0.190 e. The molecule has 0 bridgehead atoms. The van der Waals surface area contributed by atoms with Crippen molar-refractivity contribution in [3.8, 4) is 5.75 Å². The maximum absolute atomic E-state index is 13.0. The Balaban J connectivity index is 1.99. The van der Waals surface area contributed by atoms with E-state index in [1.807, 2.05) is 19.1 Å². The summed E-state index contributed by atoms with van der Waals surface area (Å²) in [4.78, 5) is 15.2. The summed E-state index contributed by atoms with van der Waals surface area (Å²) in [5, 5.41) is 0. The van der Waals surface area contributed by atoms with Gasteiger partial charge in [0, 0.05) is 16.7 Å². The summed E-state index contributed by atoms with van der Waals surface area (Å²) in [5.41, 5.74) is 0.131. The molecule has 0 radical (unpaired) electrons. The molecule has 0 aromatic heterocycles. The molecule has 0 N–H and O–H groups in total. The molecule has 0 unspecified atom stereocenters. The fourth-order valence-electron chi connectivity index (χ4n) is 2.74. The number of carbonyl (C=O) groups excluding carboxylic acids is 1. The van der Waals surface area contributed by atoms with E-state index in [0.29, 0.717) is 25.4 Å². The minimum atomic E-state index is -0.579. The first-order chi connectivity index (χ1) is 9.52. The number of fused-ring (bicyclic) bond motifs is 1. The van der Waals surface area contributed by atoms with E-state index in [2.05, 4.69) is 50.1 Å². The second-order valence-corrected chi connectivity index (χ2v) is 7.66. The molecule has 1 fully saturated rings. The van der Waals surface area contributed by atoms with E-state index >= 15 is 0 Å². The van der Waals surface area contributed by atoms with Gasteiger partial charge in [0.15, 0.2) is 5.78 Å². The molecule has 4 nitrogen and oxygen atoms in total. The molecule has 0 spiro atoms. The van der Waals surface area contributed by atoms with Crippen molar-refractivity contribution in [1.82, 2.24) is 4.90 Å². The normalized spacial score (nSPS) is 27.1. The summed E-state index contributed by atoms with van der Waals surface area (Å²) < 4.78 is 13.4. The molecule has 6 heteroatoms. The van der Waals surface area contributed by atoms with Gasteiger partial charge in [-0.15, -0.1) is 0 Å². The van der Waals surface area contributed by atoms with Gasteiger partial charge in [-0.2, -0.15) is 0 Å². The van der Waals surface area contributed by atoms with Gasteiger partial charge < -0.3 is 9.47 Å². The Hall–Kier alpha value is 0.0700. The second kappa shape index (κ2) is 5.69. The summed E-state index contributed by atoms with van der Waals surface area (Å²) in [7, 11) is 0. The lowest BCUT2D eigenvalue weighted by atomic mass is 9.87. The molecule has 2 heterocycles. The van der Waals surface area contributed by atoms with Crippen molar-refractivity contribution < 1.29 is 14.3 Å². The molecule has 0 aliphatic carbocycles. The number of benzene rings is 1. The highest BCUT2D eigenvalue weighted by atomic mass is 127. The Bertz CT molecular complexity index is 558. The van der Waals surface area contributed by atoms with Crippen LogP contribution >= 0.6 is 45.2 Å². The fraction of sp³-hybridized carbons (Fsp3) is 0.500. The number of morpholine rings is 1. The van der Waals surface area contributed by atoms with E-state index < -0.39 is 5.54 Å². The number of rotatable bonds is 1. The van der Waals surface area contributed by atoms with Crippen molar-refractivity contribution in [2.75, 3.05) is 32.9 Å². The average molecular weight is 499 g/mol. The SMILES string of the molecule is C[C@]1(N2CCOCC2)COc2c(I)cc(I)cc2C1=O. The van der Waals surface area contributed by atoms with Crippen LogP contribution in [0.4, 0.5) is 0 Å². The van der Waals surface area contributed by atoms with Crippen LogP contribution in [0.15, 0.2) is 12.1 Å². The molecule has 2 aliphatic heterocycles. The summed E-state index contributed by atoms with van der Waals surface area (Å²) in [6, 6.07) is 3.96. The molecule has 0 amide bonds. The van der Waals surface area contributed by atoms with Crippen molar-refractivity contribution in [1.29, 1.82) is 0 Å². The number of Topliss-reactive ketones (excluding diaryl/α,β-unsaturated/α-hetero) is 1. The van der Waals surface area contributed by atoms with E-state index in [0.717, 1.165) is 26.0 Å². The Morgan fingerprint density at radius 3 is 2.65 bits per heavy atom. The topological polar surface area (TPSA) is 38.8 Å². The van der Waals surface area contributed by atoms with Gasteiger partial charge in [0.05, 0.1) is 22.3 Å². The highest BCUT2D eigenvalue weighted by molar-refractivity contribution is 14.1. The van der Waals surface area contributed by atoms with Gasteiger partial charge in [-0.25, -0.2) is 0 Å². The van der Waals surface area contributed by atoms with Gasteiger partial charge in [-0.05, 0) is 64.2 Å². The summed E-state index contributed by atoms with van der Waals surface area (Å²) in [6.07, 6.45) is 0. The highest BCUT2D eigenvalue weighted by Crippen LogP contribution is 2.37. The summed E-state index contributed by atoms with van der Waals surface area (Å²) in [5.74, 6) is 0.902. The third-order valence-corrected chi connectivity index (χ3v) is 5.37. The van der Waals surface area contributed by atoms with Crippen LogP contribution < -0.4 is 4.74 Å². The van der Waals surface area contributed by atoms with Gasteiger partial charge in [0.25, 0.3) is 0 Å². The maximum Gasteiger partial charge on any atom is 0.190 e. The van der Waals surface area contributed by atoms with Crippen molar-refractivity contribution in [3.05, 3.63) is 24.8 Å². The molecular weight excluding hydrogens is 484 g/mol. The first kappa shape index (κ1) is 15.0. The van der Waals surface area contributed by atoms with Crippen molar-refractivity contribution in [3.63, 3.8) is 0 Å². The largest absolute Gasteiger partial charge is 0.489 e. The number of ether oxygens (including phenoxy) is 2. The third kappa shape index (κ3) is 2.48. The minimum absolute atomic E-state index is 0.164. The monoisotopic (exact) mass is 499 g/mol. The fourth-order valence-corrected chi connectivity index (χ4v) is 4.74. The molecule has 3 rings (SSSR count). The standard InChI is InChI=1S/C14H15I2NO3/c1-14(17-2-4-19-5-3-17)8-20-12-10(13(14)18)6-9(15)7-11(12)16/h6-7H,2-5,8H2,1H3/t14-/m0/s1. The van der Waals surface area contributed by atoms with Gasteiger partial charge in [0.1, 0.15) is 17.9 Å². The Morgan fingerprint density at radius 2 is 1.95 bits per heavy atom. The van der Waals surface area contributed by atoms with Crippen LogP contribution in [0, 0.1) is 7.14 Å². The van der Waals surface area contributed by atoms with Crippen LogP contribution in [-0.2, 0) is 4.74 Å². The number of nitrogens with zero attached hydrogens (tertiary/aromatic N) is 1. The van der Waals surface area contributed by atoms with E-state index in [1.54, 1.807) is 0 Å². The lowest BCUT2D eigenvalue weighted by Gasteiger charge is -2.44. The molecule has 1 atom stereocenters. The summed E-state index contributed by atoms with van der Waals surface area (Å²) in [6.45, 7) is 5.31. The highest BCUT2D eigenvalue weighted by Gasteiger charge is 2.45. The summed E-state index contributed by atoms with van der Waals surface area (Å²) >= 11 is 4.47.